The summed E-state index contributed by atoms with van der Waals surface area (Å²) in [4.78, 5) is 27.0. The summed E-state index contributed by atoms with van der Waals surface area (Å²) in [6, 6.07) is 13.5. The number of nitrogens with one attached hydrogen (secondary N) is 1. The molecule has 2 aromatic rings. The molecule has 6 nitrogen and oxygen atoms in total. The van der Waals surface area contributed by atoms with Crippen molar-refractivity contribution in [2.24, 2.45) is 10.7 Å². The van der Waals surface area contributed by atoms with Crippen LogP contribution in [0, 0.1) is 0 Å². The number of hydrogen-bond acceptors (Lipinski definition) is 4. The molecule has 3 N–H and O–H groups in total. The Hall–Kier alpha value is -2.93. The Morgan fingerprint density at radius 3 is 2.42 bits per heavy atom. The number of amides is 2. The summed E-state index contributed by atoms with van der Waals surface area (Å²) in [7, 11) is 0. The van der Waals surface area contributed by atoms with E-state index in [4.69, 9.17) is 10.5 Å². The molecule has 0 aliphatic carbocycles. The van der Waals surface area contributed by atoms with E-state index in [0.717, 1.165) is 10.0 Å². The molecule has 120 valence electrons. The second kappa shape index (κ2) is 6.67. The molecule has 1 heterocycles. The summed E-state index contributed by atoms with van der Waals surface area (Å²) in [5, 5.41) is 2.45. The minimum Gasteiger partial charge on any atom is -0.402 e. The number of carbonyl (C=O) groups is 2. The van der Waals surface area contributed by atoms with Crippen LogP contribution in [-0.2, 0) is 9.53 Å². The zero-order valence-corrected chi connectivity index (χ0v) is 13.9. The van der Waals surface area contributed by atoms with Gasteiger partial charge < -0.3 is 15.8 Å². The van der Waals surface area contributed by atoms with Gasteiger partial charge in [-0.2, -0.15) is 0 Å². The number of hydrogen-bond donors (Lipinski definition) is 2. The lowest BCUT2D eigenvalue weighted by atomic mass is 10.2. The number of esters is 1. The monoisotopic (exact) mass is 385 g/mol. The maximum Gasteiger partial charge on any atom is 0.363 e. The lowest BCUT2D eigenvalue weighted by Gasteiger charge is -2.03. The summed E-state index contributed by atoms with van der Waals surface area (Å²) in [5.74, 6) is -0.291. The molecule has 2 amide bonds. The molecule has 0 fully saturated rings. The Bertz CT molecular complexity index is 856. The van der Waals surface area contributed by atoms with Crippen LogP contribution in [0.3, 0.4) is 0 Å². The number of urea groups is 1. The van der Waals surface area contributed by atoms with E-state index in [-0.39, 0.29) is 11.6 Å². The van der Waals surface area contributed by atoms with Crippen molar-refractivity contribution >= 4 is 45.6 Å². The van der Waals surface area contributed by atoms with Crippen molar-refractivity contribution in [1.82, 2.24) is 0 Å². The van der Waals surface area contributed by atoms with Crippen molar-refractivity contribution in [3.05, 3.63) is 69.8 Å². The quantitative estimate of drug-likeness (QED) is 0.626. The van der Waals surface area contributed by atoms with E-state index in [2.05, 4.69) is 26.2 Å². The van der Waals surface area contributed by atoms with Gasteiger partial charge in [0.05, 0.1) is 0 Å². The summed E-state index contributed by atoms with van der Waals surface area (Å²) < 4.78 is 6.15. The number of rotatable bonds is 3. The summed E-state index contributed by atoms with van der Waals surface area (Å²) in [6.45, 7) is 0. The van der Waals surface area contributed by atoms with Crippen LogP contribution < -0.4 is 11.1 Å². The maximum absolute atomic E-state index is 12.0. The fourth-order valence-corrected chi connectivity index (χ4v) is 2.35. The molecule has 0 unspecified atom stereocenters. The van der Waals surface area contributed by atoms with Crippen molar-refractivity contribution in [2.75, 3.05) is 5.32 Å². The van der Waals surface area contributed by atoms with Crippen LogP contribution in [0.2, 0.25) is 0 Å². The molecule has 0 aromatic heterocycles. The van der Waals surface area contributed by atoms with Crippen LogP contribution in [0.4, 0.5) is 10.5 Å². The van der Waals surface area contributed by atoms with Gasteiger partial charge in [-0.05, 0) is 48.0 Å². The molecule has 0 spiro atoms. The van der Waals surface area contributed by atoms with E-state index in [9.17, 15) is 9.59 Å². The third-order valence-electron chi connectivity index (χ3n) is 3.19. The predicted octanol–water partition coefficient (Wildman–Crippen LogP) is 3.28. The van der Waals surface area contributed by atoms with Crippen molar-refractivity contribution in [1.29, 1.82) is 0 Å². The fraction of sp³-hybridized carbons (Fsp3) is 0. The number of halogens is 1. The lowest BCUT2D eigenvalue weighted by molar-refractivity contribution is -0.129. The van der Waals surface area contributed by atoms with Crippen LogP contribution in [-0.4, -0.2) is 17.9 Å². The topological polar surface area (TPSA) is 93.8 Å². The Morgan fingerprint density at radius 2 is 1.79 bits per heavy atom. The average Bonchev–Trinajstić information content (AvgIpc) is 2.91. The molecule has 2 aromatic carbocycles. The van der Waals surface area contributed by atoms with Gasteiger partial charge in [-0.3, -0.25) is 0 Å². The van der Waals surface area contributed by atoms with Gasteiger partial charge in [0.15, 0.2) is 5.70 Å². The van der Waals surface area contributed by atoms with Gasteiger partial charge in [0.2, 0.25) is 5.90 Å². The van der Waals surface area contributed by atoms with Crippen molar-refractivity contribution in [3.63, 3.8) is 0 Å². The van der Waals surface area contributed by atoms with Crippen LogP contribution in [0.1, 0.15) is 11.1 Å². The van der Waals surface area contributed by atoms with E-state index in [1.807, 2.05) is 24.3 Å². The van der Waals surface area contributed by atoms with E-state index < -0.39 is 12.0 Å². The maximum atomic E-state index is 12.0. The van der Waals surface area contributed by atoms with Gasteiger partial charge >= 0.3 is 12.0 Å². The smallest absolute Gasteiger partial charge is 0.363 e. The summed E-state index contributed by atoms with van der Waals surface area (Å²) in [6.07, 6.45) is 1.66. The molecule has 24 heavy (non-hydrogen) atoms. The number of aliphatic imine (C=N–C) groups is 1. The van der Waals surface area contributed by atoms with Gasteiger partial charge in [0, 0.05) is 15.7 Å². The van der Waals surface area contributed by atoms with Crippen LogP contribution in [0.15, 0.2) is 63.7 Å². The largest absolute Gasteiger partial charge is 0.402 e. The lowest BCUT2D eigenvalue weighted by Crippen LogP contribution is -2.19. The molecule has 1 aliphatic heterocycles. The highest BCUT2D eigenvalue weighted by Crippen LogP contribution is 2.21. The van der Waals surface area contributed by atoms with Crippen LogP contribution >= 0.6 is 15.9 Å². The molecule has 0 radical (unpaired) electrons. The van der Waals surface area contributed by atoms with E-state index in [1.54, 1.807) is 30.3 Å². The number of benzene rings is 2. The third-order valence-corrected chi connectivity index (χ3v) is 3.72. The van der Waals surface area contributed by atoms with Gasteiger partial charge in [-0.15, -0.1) is 0 Å². The molecule has 0 bridgehead atoms. The van der Waals surface area contributed by atoms with Gasteiger partial charge in [0.25, 0.3) is 0 Å². The zero-order chi connectivity index (χ0) is 17.1. The Labute approximate surface area is 146 Å². The Balaban J connectivity index is 1.83. The molecular weight excluding hydrogens is 374 g/mol. The predicted molar refractivity (Wildman–Crippen MR) is 94.4 cm³/mol. The SMILES string of the molecule is NC(=O)Nc1ccc(C2=N/C(=C/c3ccc(Br)cc3)C(=O)O2)cc1. The number of cyclic esters (lactones) is 1. The van der Waals surface area contributed by atoms with Crippen molar-refractivity contribution < 1.29 is 14.3 Å². The Kier molecular flexibility index (Phi) is 4.43. The zero-order valence-electron chi connectivity index (χ0n) is 12.3. The van der Waals surface area contributed by atoms with E-state index in [1.165, 1.54) is 0 Å². The number of nitrogens with two attached hydrogens (primary N) is 1. The third kappa shape index (κ3) is 3.69. The van der Waals surface area contributed by atoms with Crippen LogP contribution in [0.5, 0.6) is 0 Å². The first-order chi connectivity index (χ1) is 11.5. The number of ether oxygens (including phenoxy) is 1. The van der Waals surface area contributed by atoms with E-state index in [0.29, 0.717) is 11.3 Å². The second-order valence-corrected chi connectivity index (χ2v) is 5.87. The van der Waals surface area contributed by atoms with Crippen molar-refractivity contribution in [3.8, 4) is 0 Å². The number of nitrogens with zero attached hydrogens (tertiary/aromatic N) is 1. The minimum absolute atomic E-state index is 0.217. The second-order valence-electron chi connectivity index (χ2n) is 4.95. The molecule has 1 aliphatic rings. The molecule has 7 heteroatoms. The molecule has 3 rings (SSSR count). The number of carbonyl (C=O) groups excluding carboxylic acids is 2. The van der Waals surface area contributed by atoms with Gasteiger partial charge in [-0.25, -0.2) is 14.6 Å². The van der Waals surface area contributed by atoms with Gasteiger partial charge in [0.1, 0.15) is 0 Å². The van der Waals surface area contributed by atoms with Crippen molar-refractivity contribution in [2.45, 2.75) is 0 Å². The van der Waals surface area contributed by atoms with E-state index >= 15 is 0 Å². The molecular formula is C17H12BrN3O3. The molecule has 0 saturated carbocycles. The highest BCUT2D eigenvalue weighted by Gasteiger charge is 2.24. The first kappa shape index (κ1) is 15.9. The molecule has 0 atom stereocenters. The summed E-state index contributed by atoms with van der Waals surface area (Å²) >= 11 is 3.36. The number of primary amides is 1. The average molecular weight is 386 g/mol. The van der Waals surface area contributed by atoms with Gasteiger partial charge in [-0.1, -0.05) is 28.1 Å². The highest BCUT2D eigenvalue weighted by molar-refractivity contribution is 9.10. The molecule has 0 saturated heterocycles. The van der Waals surface area contributed by atoms with Crippen LogP contribution in [0.25, 0.3) is 6.08 Å². The number of anilines is 1. The minimum atomic E-state index is -0.646. The fourth-order valence-electron chi connectivity index (χ4n) is 2.09. The first-order valence-corrected chi connectivity index (χ1v) is 7.75. The standard InChI is InChI=1S/C17H12BrN3O3/c18-12-5-1-10(2-6-12)9-14-16(22)24-15(21-14)11-3-7-13(8-4-11)20-17(19)23/h1-9H,(H3,19,20,23)/b14-9+. The first-order valence-electron chi connectivity index (χ1n) is 6.96. The summed E-state index contributed by atoms with van der Waals surface area (Å²) in [5.41, 5.74) is 7.29. The normalized spacial score (nSPS) is 15.1. The highest BCUT2D eigenvalue weighted by atomic mass is 79.9. The Morgan fingerprint density at radius 1 is 1.12 bits per heavy atom.